The van der Waals surface area contributed by atoms with Gasteiger partial charge >= 0.3 is 0 Å². The summed E-state index contributed by atoms with van der Waals surface area (Å²) in [6.45, 7) is 0.367. The molecule has 3 unspecified atom stereocenters. The quantitative estimate of drug-likeness (QED) is 0.785. The molecule has 1 aliphatic heterocycles. The smallest absolute Gasteiger partial charge is 0.228 e. The summed E-state index contributed by atoms with van der Waals surface area (Å²) in [5.74, 6) is -0.0446. The zero-order chi connectivity index (χ0) is 14.3. The number of sulfone groups is 1. The third kappa shape index (κ3) is 3.48. The van der Waals surface area contributed by atoms with Gasteiger partial charge in [0.1, 0.15) is 0 Å². The van der Waals surface area contributed by atoms with Gasteiger partial charge in [-0.2, -0.15) is 4.31 Å². The minimum atomic E-state index is -3.79. The SMILES string of the molecule is CS(=O)(=O)CS(=O)(=O)N1CCCC1C1CCCC1O. The van der Waals surface area contributed by atoms with Gasteiger partial charge in [-0.3, -0.25) is 0 Å². The predicted molar refractivity (Wildman–Crippen MR) is 71.7 cm³/mol. The van der Waals surface area contributed by atoms with Crippen LogP contribution in [-0.2, 0) is 19.9 Å². The van der Waals surface area contributed by atoms with Crippen LogP contribution in [0.25, 0.3) is 0 Å². The van der Waals surface area contributed by atoms with Crippen LogP contribution in [0, 0.1) is 5.92 Å². The van der Waals surface area contributed by atoms with E-state index in [0.717, 1.165) is 25.5 Å². The molecule has 2 rings (SSSR count). The number of hydrogen-bond acceptors (Lipinski definition) is 5. The van der Waals surface area contributed by atoms with Crippen molar-refractivity contribution in [3.63, 3.8) is 0 Å². The van der Waals surface area contributed by atoms with Gasteiger partial charge in [0.25, 0.3) is 0 Å². The second-order valence-electron chi connectivity index (χ2n) is 5.64. The molecule has 2 aliphatic rings. The van der Waals surface area contributed by atoms with Crippen LogP contribution in [0.3, 0.4) is 0 Å². The average Bonchev–Trinajstić information content (AvgIpc) is 2.80. The Labute approximate surface area is 114 Å². The first-order valence-corrected chi connectivity index (χ1v) is 10.2. The standard InChI is InChI=1S/C11H21NO5S2/c1-18(14,15)8-19(16,17)12-7-3-5-10(12)9-4-2-6-11(9)13/h9-11,13H,2-8H2,1H3. The van der Waals surface area contributed by atoms with Crippen molar-refractivity contribution in [2.75, 3.05) is 17.9 Å². The van der Waals surface area contributed by atoms with Crippen molar-refractivity contribution in [3.05, 3.63) is 0 Å². The Hall–Kier alpha value is -0.180. The molecule has 0 spiro atoms. The van der Waals surface area contributed by atoms with Crippen molar-refractivity contribution < 1.29 is 21.9 Å². The van der Waals surface area contributed by atoms with Crippen molar-refractivity contribution in [2.45, 2.75) is 44.2 Å². The van der Waals surface area contributed by atoms with E-state index in [1.165, 1.54) is 4.31 Å². The Bertz CT molecular complexity index is 527. The van der Waals surface area contributed by atoms with Crippen LogP contribution in [0.4, 0.5) is 0 Å². The summed E-state index contributed by atoms with van der Waals surface area (Å²) >= 11 is 0. The fourth-order valence-electron chi connectivity index (χ4n) is 3.30. The van der Waals surface area contributed by atoms with Crippen LogP contribution >= 0.6 is 0 Å². The van der Waals surface area contributed by atoms with E-state index in [4.69, 9.17) is 0 Å². The van der Waals surface area contributed by atoms with Gasteiger partial charge in [-0.25, -0.2) is 16.8 Å². The molecule has 2 fully saturated rings. The summed E-state index contributed by atoms with van der Waals surface area (Å²) in [5, 5.41) is 9.09. The summed E-state index contributed by atoms with van der Waals surface area (Å²) in [6.07, 6.45) is 4.35. The van der Waals surface area contributed by atoms with Crippen LogP contribution in [0.5, 0.6) is 0 Å². The summed E-state index contributed by atoms with van der Waals surface area (Å²) in [4.78, 5) is 0. The molecule has 0 amide bonds. The number of nitrogens with zero attached hydrogens (tertiary/aromatic N) is 1. The fraction of sp³-hybridized carbons (Fsp3) is 1.00. The Morgan fingerprint density at radius 1 is 1.11 bits per heavy atom. The van der Waals surface area contributed by atoms with E-state index in [1.54, 1.807) is 0 Å². The molecule has 6 nitrogen and oxygen atoms in total. The molecule has 112 valence electrons. The minimum absolute atomic E-state index is 0.0446. The van der Waals surface area contributed by atoms with E-state index in [-0.39, 0.29) is 12.0 Å². The van der Waals surface area contributed by atoms with Crippen LogP contribution in [-0.4, -0.2) is 56.3 Å². The summed E-state index contributed by atoms with van der Waals surface area (Å²) in [6, 6.07) is -0.232. The van der Waals surface area contributed by atoms with E-state index >= 15 is 0 Å². The summed E-state index contributed by atoms with van der Waals surface area (Å²) in [5.41, 5.74) is 0. The highest BCUT2D eigenvalue weighted by Crippen LogP contribution is 2.37. The Morgan fingerprint density at radius 3 is 2.32 bits per heavy atom. The normalized spacial score (nSPS) is 33.9. The molecule has 1 N–H and O–H groups in total. The molecular formula is C11H21NO5S2. The molecule has 1 heterocycles. The summed E-state index contributed by atoms with van der Waals surface area (Å²) in [7, 11) is -7.37. The van der Waals surface area contributed by atoms with Gasteiger partial charge in [-0.15, -0.1) is 0 Å². The van der Waals surface area contributed by atoms with Crippen LogP contribution < -0.4 is 0 Å². The number of rotatable bonds is 4. The predicted octanol–water partition coefficient (Wildman–Crippen LogP) is -0.0563. The Balaban J connectivity index is 2.19. The molecular weight excluding hydrogens is 290 g/mol. The average molecular weight is 311 g/mol. The molecule has 1 saturated carbocycles. The van der Waals surface area contributed by atoms with Crippen LogP contribution in [0.1, 0.15) is 32.1 Å². The van der Waals surface area contributed by atoms with Gasteiger partial charge in [0.15, 0.2) is 14.9 Å². The zero-order valence-corrected chi connectivity index (χ0v) is 12.7. The van der Waals surface area contributed by atoms with Crippen molar-refractivity contribution in [1.82, 2.24) is 4.31 Å². The fourth-order valence-corrected chi connectivity index (χ4v) is 7.08. The van der Waals surface area contributed by atoms with E-state index in [9.17, 15) is 21.9 Å². The second kappa shape index (κ2) is 5.31. The monoisotopic (exact) mass is 311 g/mol. The molecule has 1 aliphatic carbocycles. The molecule has 0 bridgehead atoms. The number of sulfonamides is 1. The number of aliphatic hydroxyl groups excluding tert-OH is 1. The lowest BCUT2D eigenvalue weighted by molar-refractivity contribution is 0.0976. The highest BCUT2D eigenvalue weighted by atomic mass is 32.3. The first-order chi connectivity index (χ1) is 8.71. The highest BCUT2D eigenvalue weighted by molar-refractivity contribution is 8.06. The van der Waals surface area contributed by atoms with Gasteiger partial charge in [-0.1, -0.05) is 6.42 Å². The van der Waals surface area contributed by atoms with Gasteiger partial charge in [0, 0.05) is 24.8 Å². The molecule has 3 atom stereocenters. The number of aliphatic hydroxyl groups is 1. The van der Waals surface area contributed by atoms with E-state index in [0.29, 0.717) is 19.4 Å². The third-order valence-corrected chi connectivity index (χ3v) is 8.07. The summed E-state index contributed by atoms with van der Waals surface area (Å²) < 4.78 is 48.2. The molecule has 0 aromatic carbocycles. The molecule has 1 saturated heterocycles. The lowest BCUT2D eigenvalue weighted by Gasteiger charge is -2.30. The van der Waals surface area contributed by atoms with Crippen molar-refractivity contribution >= 4 is 19.9 Å². The van der Waals surface area contributed by atoms with Gasteiger partial charge in [-0.05, 0) is 25.7 Å². The van der Waals surface area contributed by atoms with Crippen molar-refractivity contribution in [3.8, 4) is 0 Å². The number of hydrogen-bond donors (Lipinski definition) is 1. The molecule has 8 heteroatoms. The van der Waals surface area contributed by atoms with Crippen LogP contribution in [0.15, 0.2) is 0 Å². The van der Waals surface area contributed by atoms with E-state index < -0.39 is 31.0 Å². The third-order valence-electron chi connectivity index (χ3n) is 3.99. The second-order valence-corrected chi connectivity index (χ2v) is 10.1. The zero-order valence-electron chi connectivity index (χ0n) is 11.0. The first-order valence-electron chi connectivity index (χ1n) is 6.56. The molecule has 0 aromatic rings. The van der Waals surface area contributed by atoms with Gasteiger partial charge in [0.2, 0.25) is 10.0 Å². The van der Waals surface area contributed by atoms with Crippen LogP contribution in [0.2, 0.25) is 0 Å². The van der Waals surface area contributed by atoms with Gasteiger partial charge in [0.05, 0.1) is 6.10 Å². The topological polar surface area (TPSA) is 91.8 Å². The maximum Gasteiger partial charge on any atom is 0.228 e. The molecule has 0 aromatic heterocycles. The lowest BCUT2D eigenvalue weighted by atomic mass is 9.95. The van der Waals surface area contributed by atoms with Gasteiger partial charge < -0.3 is 5.11 Å². The van der Waals surface area contributed by atoms with Crippen molar-refractivity contribution in [2.24, 2.45) is 5.92 Å². The maximum atomic E-state index is 12.2. The molecule has 0 radical (unpaired) electrons. The largest absolute Gasteiger partial charge is 0.393 e. The van der Waals surface area contributed by atoms with Crippen molar-refractivity contribution in [1.29, 1.82) is 0 Å². The Morgan fingerprint density at radius 2 is 1.79 bits per heavy atom. The minimum Gasteiger partial charge on any atom is -0.393 e. The lowest BCUT2D eigenvalue weighted by Crippen LogP contribution is -2.44. The Kier molecular flexibility index (Phi) is 4.25. The van der Waals surface area contributed by atoms with E-state index in [1.807, 2.05) is 0 Å². The maximum absolute atomic E-state index is 12.2. The van der Waals surface area contributed by atoms with E-state index in [2.05, 4.69) is 0 Å². The molecule has 19 heavy (non-hydrogen) atoms. The first kappa shape index (κ1) is 15.2. The highest BCUT2D eigenvalue weighted by Gasteiger charge is 2.43.